The molecule has 4 N–H and O–H groups in total. The van der Waals surface area contributed by atoms with Gasteiger partial charge in [-0.1, -0.05) is 30.3 Å². The van der Waals surface area contributed by atoms with E-state index in [4.69, 9.17) is 15.2 Å². The lowest BCUT2D eigenvalue weighted by molar-refractivity contribution is 0.185. The summed E-state index contributed by atoms with van der Waals surface area (Å²) in [5, 5.41) is 13.2. The Morgan fingerprint density at radius 3 is 2.48 bits per heavy atom. The van der Waals surface area contributed by atoms with E-state index in [1.807, 2.05) is 24.3 Å². The van der Waals surface area contributed by atoms with E-state index >= 15 is 0 Å². The van der Waals surface area contributed by atoms with Gasteiger partial charge in [-0.05, 0) is 23.8 Å². The first-order valence-electron chi connectivity index (χ1n) is 7.60. The van der Waals surface area contributed by atoms with Crippen LogP contribution in [-0.2, 0) is 11.3 Å². The van der Waals surface area contributed by atoms with Crippen molar-refractivity contribution in [2.24, 2.45) is 10.7 Å². The second kappa shape index (κ2) is 10.9. The fourth-order valence-corrected chi connectivity index (χ4v) is 2.22. The molecule has 0 saturated carbocycles. The first-order valence-corrected chi connectivity index (χ1v) is 7.60. The standard InChI is InChI=1S/C18H23N3O3.HI/c1-23-12-14-5-3-4-6-16(14)21-18(19)20-11-17(22)13-7-9-15(24-2)10-8-13;/h3-10,17,22H,11-12H2,1-2H3,(H3,19,20,21);1H. The van der Waals surface area contributed by atoms with Gasteiger partial charge in [0, 0.05) is 18.4 Å². The van der Waals surface area contributed by atoms with E-state index in [0.717, 1.165) is 22.6 Å². The fourth-order valence-electron chi connectivity index (χ4n) is 2.22. The van der Waals surface area contributed by atoms with Crippen molar-refractivity contribution >= 4 is 35.6 Å². The number of aliphatic imine (C=N–C) groups is 1. The van der Waals surface area contributed by atoms with Gasteiger partial charge in [0.1, 0.15) is 5.75 Å². The van der Waals surface area contributed by atoms with Gasteiger partial charge in [-0.25, -0.2) is 0 Å². The normalized spacial score (nSPS) is 12.2. The van der Waals surface area contributed by atoms with Crippen LogP contribution in [0.5, 0.6) is 5.75 Å². The maximum Gasteiger partial charge on any atom is 0.193 e. The number of nitrogens with two attached hydrogens (primary N) is 1. The van der Waals surface area contributed by atoms with Crippen molar-refractivity contribution in [2.75, 3.05) is 26.1 Å². The summed E-state index contributed by atoms with van der Waals surface area (Å²) in [7, 11) is 3.24. The minimum absolute atomic E-state index is 0. The van der Waals surface area contributed by atoms with Crippen molar-refractivity contribution in [3.8, 4) is 5.75 Å². The van der Waals surface area contributed by atoms with Crippen LogP contribution in [-0.4, -0.2) is 31.8 Å². The lowest BCUT2D eigenvalue weighted by Crippen LogP contribution is -2.24. The molecule has 0 spiro atoms. The third-order valence-corrected chi connectivity index (χ3v) is 3.52. The Kier molecular flexibility index (Phi) is 9.25. The van der Waals surface area contributed by atoms with Crippen molar-refractivity contribution in [1.82, 2.24) is 0 Å². The van der Waals surface area contributed by atoms with Crippen molar-refractivity contribution in [1.29, 1.82) is 0 Å². The SMILES string of the molecule is COCc1ccccc1NC(N)=NCC(O)c1ccc(OC)cc1.I. The predicted molar refractivity (Wildman–Crippen MR) is 111 cm³/mol. The number of nitrogens with one attached hydrogen (secondary N) is 1. The smallest absolute Gasteiger partial charge is 0.193 e. The van der Waals surface area contributed by atoms with Gasteiger partial charge in [-0.3, -0.25) is 4.99 Å². The molecule has 0 fully saturated rings. The Labute approximate surface area is 165 Å². The second-order valence-corrected chi connectivity index (χ2v) is 5.23. The molecular weight excluding hydrogens is 433 g/mol. The maximum atomic E-state index is 10.2. The molecule has 0 aliphatic carbocycles. The summed E-state index contributed by atoms with van der Waals surface area (Å²) in [6.45, 7) is 0.641. The Bertz CT molecular complexity index is 678. The molecule has 1 unspecified atom stereocenters. The van der Waals surface area contributed by atoms with E-state index in [1.54, 1.807) is 38.5 Å². The summed E-state index contributed by atoms with van der Waals surface area (Å²) in [5.41, 5.74) is 8.48. The zero-order valence-electron chi connectivity index (χ0n) is 14.3. The summed E-state index contributed by atoms with van der Waals surface area (Å²) in [5.74, 6) is 0.983. The highest BCUT2D eigenvalue weighted by Gasteiger charge is 2.08. The van der Waals surface area contributed by atoms with Gasteiger partial charge in [0.2, 0.25) is 0 Å². The highest BCUT2D eigenvalue weighted by Crippen LogP contribution is 2.18. The molecule has 0 amide bonds. The molecule has 1 atom stereocenters. The number of ether oxygens (including phenoxy) is 2. The molecular formula is C18H24IN3O3. The lowest BCUT2D eigenvalue weighted by atomic mass is 10.1. The van der Waals surface area contributed by atoms with Crippen LogP contribution >= 0.6 is 24.0 Å². The quantitative estimate of drug-likeness (QED) is 0.338. The van der Waals surface area contributed by atoms with Crippen molar-refractivity contribution in [3.63, 3.8) is 0 Å². The van der Waals surface area contributed by atoms with E-state index in [-0.39, 0.29) is 36.5 Å². The van der Waals surface area contributed by atoms with Crippen LogP contribution in [0.25, 0.3) is 0 Å². The average molecular weight is 457 g/mol. The monoisotopic (exact) mass is 457 g/mol. The molecule has 7 heteroatoms. The molecule has 6 nitrogen and oxygen atoms in total. The summed E-state index contributed by atoms with van der Waals surface area (Å²) in [6.07, 6.45) is -0.731. The Balaban J connectivity index is 0.00000312. The average Bonchev–Trinajstić information content (AvgIpc) is 2.61. The molecule has 0 saturated heterocycles. The van der Waals surface area contributed by atoms with Crippen molar-refractivity contribution in [2.45, 2.75) is 12.7 Å². The molecule has 0 aromatic heterocycles. The van der Waals surface area contributed by atoms with E-state index in [0.29, 0.717) is 6.61 Å². The number of anilines is 1. The number of rotatable bonds is 7. The van der Waals surface area contributed by atoms with Gasteiger partial charge in [0.25, 0.3) is 0 Å². The van der Waals surface area contributed by atoms with Crippen LogP contribution in [0.2, 0.25) is 0 Å². The number of guanidine groups is 1. The Morgan fingerprint density at radius 2 is 1.84 bits per heavy atom. The molecule has 0 aliphatic rings. The van der Waals surface area contributed by atoms with E-state index in [9.17, 15) is 5.11 Å². The van der Waals surface area contributed by atoms with E-state index in [1.165, 1.54) is 0 Å². The number of halogens is 1. The van der Waals surface area contributed by atoms with E-state index in [2.05, 4.69) is 10.3 Å². The number of aliphatic hydroxyl groups excluding tert-OH is 1. The van der Waals surface area contributed by atoms with Crippen LogP contribution in [0.3, 0.4) is 0 Å². The van der Waals surface area contributed by atoms with Crippen molar-refractivity contribution in [3.05, 3.63) is 59.7 Å². The number of hydrogen-bond donors (Lipinski definition) is 3. The number of methoxy groups -OCH3 is 2. The first-order chi connectivity index (χ1) is 11.6. The zero-order chi connectivity index (χ0) is 17.4. The Hall–Kier alpha value is -1.84. The summed E-state index contributed by atoms with van der Waals surface area (Å²) >= 11 is 0. The minimum atomic E-state index is -0.731. The highest BCUT2D eigenvalue weighted by atomic mass is 127. The van der Waals surface area contributed by atoms with Gasteiger partial charge >= 0.3 is 0 Å². The molecule has 136 valence electrons. The number of aliphatic hydroxyl groups is 1. The first kappa shape index (κ1) is 21.2. The van der Waals surface area contributed by atoms with E-state index < -0.39 is 6.10 Å². The predicted octanol–water partition coefficient (Wildman–Crippen LogP) is 2.92. The van der Waals surface area contributed by atoms with Crippen LogP contribution in [0.4, 0.5) is 5.69 Å². The molecule has 0 heterocycles. The molecule has 0 aliphatic heterocycles. The second-order valence-electron chi connectivity index (χ2n) is 5.23. The molecule has 0 bridgehead atoms. The molecule has 2 rings (SSSR count). The van der Waals surface area contributed by atoms with Gasteiger partial charge in [0.05, 0.1) is 26.4 Å². The van der Waals surface area contributed by atoms with Crippen LogP contribution in [0, 0.1) is 0 Å². The number of hydrogen-bond acceptors (Lipinski definition) is 4. The summed E-state index contributed by atoms with van der Waals surface area (Å²) in [4.78, 5) is 4.20. The summed E-state index contributed by atoms with van der Waals surface area (Å²) < 4.78 is 10.2. The maximum absolute atomic E-state index is 10.2. The zero-order valence-corrected chi connectivity index (χ0v) is 16.6. The topological polar surface area (TPSA) is 89.1 Å². The third-order valence-electron chi connectivity index (χ3n) is 3.52. The molecule has 2 aromatic carbocycles. The van der Waals surface area contributed by atoms with Gasteiger partial charge in [-0.2, -0.15) is 0 Å². The fraction of sp³-hybridized carbons (Fsp3) is 0.278. The molecule has 25 heavy (non-hydrogen) atoms. The van der Waals surface area contributed by atoms with Crippen LogP contribution in [0.15, 0.2) is 53.5 Å². The summed E-state index contributed by atoms with van der Waals surface area (Å²) in [6, 6.07) is 14.9. The minimum Gasteiger partial charge on any atom is -0.497 e. The third kappa shape index (κ3) is 6.52. The van der Waals surface area contributed by atoms with Crippen molar-refractivity contribution < 1.29 is 14.6 Å². The van der Waals surface area contributed by atoms with Gasteiger partial charge < -0.3 is 25.6 Å². The molecule has 0 radical (unpaired) electrons. The van der Waals surface area contributed by atoms with Crippen LogP contribution < -0.4 is 15.8 Å². The molecule has 2 aromatic rings. The van der Waals surface area contributed by atoms with Crippen LogP contribution in [0.1, 0.15) is 17.2 Å². The highest BCUT2D eigenvalue weighted by molar-refractivity contribution is 14.0. The Morgan fingerprint density at radius 1 is 1.16 bits per heavy atom. The largest absolute Gasteiger partial charge is 0.497 e. The number of para-hydroxylation sites is 1. The lowest BCUT2D eigenvalue weighted by Gasteiger charge is -2.12. The number of benzene rings is 2. The van der Waals surface area contributed by atoms with Gasteiger partial charge in [-0.15, -0.1) is 24.0 Å². The number of nitrogens with zero attached hydrogens (tertiary/aromatic N) is 1. The van der Waals surface area contributed by atoms with Gasteiger partial charge in [0.15, 0.2) is 5.96 Å².